The number of ether oxygens (including phenoxy) is 2. The van der Waals surface area contributed by atoms with Gasteiger partial charge in [0.25, 0.3) is 17.7 Å². The van der Waals surface area contributed by atoms with E-state index in [1.807, 2.05) is 0 Å². The van der Waals surface area contributed by atoms with Crippen LogP contribution in [0, 0.1) is 0 Å². The van der Waals surface area contributed by atoms with Gasteiger partial charge in [0.05, 0.1) is 0 Å². The van der Waals surface area contributed by atoms with E-state index in [1.165, 1.54) is 6.92 Å². The maximum Gasteiger partial charge on any atom is 0.305 e. The number of amides is 3. The summed E-state index contributed by atoms with van der Waals surface area (Å²) >= 11 is 0. The Bertz CT molecular complexity index is 1290. The van der Waals surface area contributed by atoms with Gasteiger partial charge in [-0.1, -0.05) is 54.6 Å². The molecule has 0 bridgehead atoms. The lowest BCUT2D eigenvalue weighted by Crippen LogP contribution is -2.47. The predicted molar refractivity (Wildman–Crippen MR) is 138 cm³/mol. The molecule has 208 valence electrons. The molecule has 3 amide bonds. The van der Waals surface area contributed by atoms with Gasteiger partial charge in [-0.05, 0) is 36.4 Å². The lowest BCUT2D eigenvalue weighted by Gasteiger charge is -2.23. The number of hydroxylamine groups is 3. The maximum absolute atomic E-state index is 12.6. The fraction of sp³-hybridized carbons (Fsp3) is 0.214. The summed E-state index contributed by atoms with van der Waals surface area (Å²) in [5, 5.41) is 0. The number of hydrogen-bond acceptors (Lipinski definition) is 9. The van der Waals surface area contributed by atoms with Crippen molar-refractivity contribution in [2.24, 2.45) is 0 Å². The second kappa shape index (κ2) is 14.0. The van der Waals surface area contributed by atoms with Crippen LogP contribution in [0.1, 0.15) is 38.0 Å². The molecule has 3 aromatic carbocycles. The van der Waals surface area contributed by atoms with E-state index < -0.39 is 48.3 Å². The van der Waals surface area contributed by atoms with Crippen molar-refractivity contribution in [1.29, 1.82) is 0 Å². The molecule has 40 heavy (non-hydrogen) atoms. The summed E-state index contributed by atoms with van der Waals surface area (Å²) in [7, 11) is 0. The zero-order valence-electron chi connectivity index (χ0n) is 21.4. The monoisotopic (exact) mass is 549 g/mol. The Labute approximate surface area is 229 Å². The number of rotatable bonds is 11. The number of nitrogens with one attached hydrogen (secondary N) is 3. The molecule has 12 nitrogen and oxygen atoms in total. The van der Waals surface area contributed by atoms with E-state index in [0.29, 0.717) is 16.7 Å². The van der Waals surface area contributed by atoms with Gasteiger partial charge < -0.3 is 9.47 Å². The average molecular weight is 550 g/mol. The minimum atomic E-state index is -1.36. The molecule has 3 N–H and O–H groups in total. The van der Waals surface area contributed by atoms with E-state index in [-0.39, 0.29) is 6.61 Å². The highest BCUT2D eigenvalue weighted by molar-refractivity contribution is 5.94. The van der Waals surface area contributed by atoms with Crippen LogP contribution in [0.3, 0.4) is 0 Å². The van der Waals surface area contributed by atoms with Gasteiger partial charge in [-0.3, -0.25) is 33.7 Å². The van der Waals surface area contributed by atoms with Crippen LogP contribution in [0.25, 0.3) is 0 Å². The molecule has 1 aliphatic heterocycles. The van der Waals surface area contributed by atoms with Gasteiger partial charge in [-0.25, -0.2) is 16.4 Å². The Morgan fingerprint density at radius 3 is 1.52 bits per heavy atom. The summed E-state index contributed by atoms with van der Waals surface area (Å²) in [6.45, 7) is 0.870. The first-order chi connectivity index (χ1) is 19.4. The summed E-state index contributed by atoms with van der Waals surface area (Å²) in [5.74, 6) is -2.35. The van der Waals surface area contributed by atoms with E-state index in [9.17, 15) is 19.2 Å². The van der Waals surface area contributed by atoms with Crippen LogP contribution in [0.5, 0.6) is 0 Å². The van der Waals surface area contributed by atoms with Crippen molar-refractivity contribution in [1.82, 2.24) is 16.4 Å². The quantitative estimate of drug-likeness (QED) is 0.241. The van der Waals surface area contributed by atoms with Crippen molar-refractivity contribution in [3.8, 4) is 0 Å². The van der Waals surface area contributed by atoms with Crippen LogP contribution in [-0.4, -0.2) is 54.9 Å². The normalized spacial score (nSPS) is 19.8. The van der Waals surface area contributed by atoms with Gasteiger partial charge in [0.2, 0.25) is 6.29 Å². The highest BCUT2D eigenvalue weighted by Crippen LogP contribution is 2.27. The highest BCUT2D eigenvalue weighted by atomic mass is 16.8. The minimum absolute atomic E-state index is 0.297. The van der Waals surface area contributed by atoms with Crippen molar-refractivity contribution in [2.75, 3.05) is 6.61 Å². The van der Waals surface area contributed by atoms with Crippen molar-refractivity contribution in [2.45, 2.75) is 31.5 Å². The summed E-state index contributed by atoms with van der Waals surface area (Å²) in [6.07, 6.45) is -4.80. The van der Waals surface area contributed by atoms with E-state index in [2.05, 4.69) is 16.4 Å². The maximum atomic E-state index is 12.6. The smallest absolute Gasteiger partial charge is 0.305 e. The molecule has 4 rings (SSSR count). The zero-order valence-corrected chi connectivity index (χ0v) is 21.4. The summed E-state index contributed by atoms with van der Waals surface area (Å²) in [5.41, 5.74) is 7.91. The lowest BCUT2D eigenvalue weighted by atomic mass is 10.1. The van der Waals surface area contributed by atoms with Crippen LogP contribution < -0.4 is 16.4 Å². The SMILES string of the molecule is CC(=O)O[C@@H]1O[C@H](CONC(=O)c2ccccc2)[C@@H](ONC(=O)c2ccccc2)[C@H]1ONC(=O)c1ccccc1. The molecule has 0 spiro atoms. The fourth-order valence-electron chi connectivity index (χ4n) is 3.73. The van der Waals surface area contributed by atoms with Crippen LogP contribution in [0.15, 0.2) is 91.0 Å². The number of esters is 1. The zero-order chi connectivity index (χ0) is 28.3. The first-order valence-electron chi connectivity index (χ1n) is 12.2. The molecule has 0 aromatic heterocycles. The predicted octanol–water partition coefficient (Wildman–Crippen LogP) is 2.10. The Morgan fingerprint density at radius 2 is 1.07 bits per heavy atom. The Balaban J connectivity index is 1.47. The third kappa shape index (κ3) is 7.71. The first kappa shape index (κ1) is 28.4. The minimum Gasteiger partial charge on any atom is -0.433 e. The Hall–Kier alpha value is -4.62. The molecule has 0 aliphatic carbocycles. The third-order valence-corrected chi connectivity index (χ3v) is 5.65. The first-order valence-corrected chi connectivity index (χ1v) is 12.2. The van der Waals surface area contributed by atoms with Crippen LogP contribution >= 0.6 is 0 Å². The Morgan fingerprint density at radius 1 is 0.650 bits per heavy atom. The van der Waals surface area contributed by atoms with Gasteiger partial charge in [0, 0.05) is 23.6 Å². The molecule has 1 heterocycles. The molecule has 0 unspecified atom stereocenters. The molecule has 3 aromatic rings. The second-order valence-electron chi connectivity index (χ2n) is 8.52. The lowest BCUT2D eigenvalue weighted by molar-refractivity contribution is -0.200. The molecular weight excluding hydrogens is 522 g/mol. The highest BCUT2D eigenvalue weighted by Gasteiger charge is 2.50. The topological polar surface area (TPSA) is 151 Å². The molecule has 1 aliphatic rings. The molecule has 1 saturated heterocycles. The summed E-state index contributed by atoms with van der Waals surface area (Å²) in [6, 6.07) is 24.9. The van der Waals surface area contributed by atoms with Crippen molar-refractivity contribution < 1.29 is 43.2 Å². The van der Waals surface area contributed by atoms with Gasteiger partial charge in [0.1, 0.15) is 18.8 Å². The van der Waals surface area contributed by atoms with E-state index in [1.54, 1.807) is 91.0 Å². The van der Waals surface area contributed by atoms with E-state index in [4.69, 9.17) is 24.0 Å². The molecule has 12 heteroatoms. The van der Waals surface area contributed by atoms with Crippen molar-refractivity contribution >= 4 is 23.7 Å². The number of carbonyl (C=O) groups excluding carboxylic acids is 4. The fourth-order valence-corrected chi connectivity index (χ4v) is 3.73. The number of benzene rings is 3. The molecule has 1 fully saturated rings. The standard InChI is InChI=1S/C28H27N3O9/c1-18(32)37-28-24(40-31-27(35)21-15-9-4-10-16-21)23(39-30-26(34)20-13-7-3-8-14-20)22(38-28)17-36-29-25(33)19-11-5-2-6-12-19/h2-16,22-24,28H,17H2,1H3,(H,29,33)(H,30,34)(H,31,35)/t22-,23-,24-,28-/m1/s1. The van der Waals surface area contributed by atoms with Gasteiger partial charge in [0.15, 0.2) is 6.10 Å². The van der Waals surface area contributed by atoms with Crippen molar-refractivity contribution in [3.05, 3.63) is 108 Å². The van der Waals surface area contributed by atoms with E-state index in [0.717, 1.165) is 0 Å². The van der Waals surface area contributed by atoms with E-state index >= 15 is 0 Å². The largest absolute Gasteiger partial charge is 0.433 e. The van der Waals surface area contributed by atoms with Gasteiger partial charge >= 0.3 is 5.97 Å². The molecule has 4 atom stereocenters. The summed E-state index contributed by atoms with van der Waals surface area (Å²) in [4.78, 5) is 65.9. The molecular formula is C28H27N3O9. The average Bonchev–Trinajstić information content (AvgIpc) is 3.30. The summed E-state index contributed by atoms with van der Waals surface area (Å²) < 4.78 is 11.0. The van der Waals surface area contributed by atoms with Crippen LogP contribution in [0.4, 0.5) is 0 Å². The Kier molecular flexibility index (Phi) is 9.91. The molecule has 0 radical (unpaired) electrons. The van der Waals surface area contributed by atoms with Crippen molar-refractivity contribution in [3.63, 3.8) is 0 Å². The third-order valence-electron chi connectivity index (χ3n) is 5.65. The van der Waals surface area contributed by atoms with Gasteiger partial charge in [-0.2, -0.15) is 0 Å². The van der Waals surface area contributed by atoms with Gasteiger partial charge in [-0.15, -0.1) is 0 Å². The van der Waals surface area contributed by atoms with Crippen LogP contribution in [-0.2, 0) is 28.8 Å². The number of hydrogen-bond donors (Lipinski definition) is 3. The second-order valence-corrected chi connectivity index (χ2v) is 8.52. The number of carbonyl (C=O) groups is 4. The van der Waals surface area contributed by atoms with Crippen LogP contribution in [0.2, 0.25) is 0 Å². The molecule has 0 saturated carbocycles.